The van der Waals surface area contributed by atoms with E-state index in [1.54, 1.807) is 0 Å². The maximum absolute atomic E-state index is 5.58. The molecule has 118 valence electrons. The average Bonchev–Trinajstić information content (AvgIpc) is 2.50. The molecule has 2 rings (SSSR count). The number of nitrogens with zero attached hydrogens (tertiary/aromatic N) is 1. The quantitative estimate of drug-likeness (QED) is 0.658. The lowest BCUT2D eigenvalue weighted by Crippen LogP contribution is -2.49. The van der Waals surface area contributed by atoms with Gasteiger partial charge in [-0.25, -0.2) is 0 Å². The Balaban J connectivity index is 1.52. The first-order valence-electron chi connectivity index (χ1n) is 8.94. The van der Waals surface area contributed by atoms with Crippen LogP contribution in [0.4, 0.5) is 0 Å². The molecule has 1 heterocycles. The lowest BCUT2D eigenvalue weighted by atomic mass is 9.78. The molecule has 1 aliphatic carbocycles. The fourth-order valence-electron chi connectivity index (χ4n) is 3.85. The van der Waals surface area contributed by atoms with Crippen LogP contribution in [-0.2, 0) is 4.74 Å². The molecule has 0 amide bonds. The van der Waals surface area contributed by atoms with Gasteiger partial charge in [-0.05, 0) is 44.6 Å². The molecule has 0 aromatic heterocycles. The number of ether oxygens (including phenoxy) is 1. The number of rotatable bonds is 9. The molecule has 2 aliphatic rings. The van der Waals surface area contributed by atoms with Gasteiger partial charge in [-0.1, -0.05) is 26.2 Å². The summed E-state index contributed by atoms with van der Waals surface area (Å²) in [7, 11) is 0. The molecule has 0 aromatic carbocycles. The molecular weight excluding hydrogens is 248 g/mol. The molecule has 2 fully saturated rings. The highest BCUT2D eigenvalue weighted by atomic mass is 16.5. The Morgan fingerprint density at radius 3 is 2.80 bits per heavy atom. The Bertz CT molecular complexity index is 245. The average molecular weight is 282 g/mol. The van der Waals surface area contributed by atoms with Gasteiger partial charge in [0.2, 0.25) is 0 Å². The molecule has 3 nitrogen and oxygen atoms in total. The van der Waals surface area contributed by atoms with Crippen molar-refractivity contribution < 1.29 is 4.74 Å². The van der Waals surface area contributed by atoms with E-state index >= 15 is 0 Å². The molecule has 0 bridgehead atoms. The van der Waals surface area contributed by atoms with Crippen LogP contribution in [0.5, 0.6) is 0 Å². The van der Waals surface area contributed by atoms with Crippen LogP contribution in [0.1, 0.15) is 58.3 Å². The Kier molecular flexibility index (Phi) is 7.92. The second-order valence-corrected chi connectivity index (χ2v) is 6.51. The lowest BCUT2D eigenvalue weighted by molar-refractivity contribution is 0.0610. The number of hydrogen-bond donors (Lipinski definition) is 1. The number of unbranched alkanes of at least 4 members (excludes halogenated alkanes) is 1. The van der Waals surface area contributed by atoms with Crippen molar-refractivity contribution >= 4 is 0 Å². The van der Waals surface area contributed by atoms with Crippen molar-refractivity contribution in [3.05, 3.63) is 0 Å². The standard InChI is InChI=1S/C17H34N2O/c1-2-3-14-20-15-11-18-10-13-19-12-6-8-16-7-4-5-9-17(16)19/h16-18H,2-15H2,1H3/t16-,17-/m1/s1. The summed E-state index contributed by atoms with van der Waals surface area (Å²) in [6.07, 6.45) is 11.2. The summed E-state index contributed by atoms with van der Waals surface area (Å²) in [4.78, 5) is 2.76. The third-order valence-electron chi connectivity index (χ3n) is 5.00. The van der Waals surface area contributed by atoms with Crippen LogP contribution < -0.4 is 5.32 Å². The first kappa shape index (κ1) is 16.3. The minimum absolute atomic E-state index is 0.867. The summed E-state index contributed by atoms with van der Waals surface area (Å²) >= 11 is 0. The number of piperidine rings is 1. The van der Waals surface area contributed by atoms with Crippen LogP contribution in [0.15, 0.2) is 0 Å². The Labute approximate surface area is 125 Å². The van der Waals surface area contributed by atoms with E-state index < -0.39 is 0 Å². The Morgan fingerprint density at radius 1 is 1.05 bits per heavy atom. The van der Waals surface area contributed by atoms with Crippen molar-refractivity contribution in [3.8, 4) is 0 Å². The van der Waals surface area contributed by atoms with E-state index in [0.29, 0.717) is 0 Å². The van der Waals surface area contributed by atoms with E-state index in [2.05, 4.69) is 17.1 Å². The van der Waals surface area contributed by atoms with Gasteiger partial charge in [-0.2, -0.15) is 0 Å². The van der Waals surface area contributed by atoms with E-state index in [-0.39, 0.29) is 0 Å². The Hall–Kier alpha value is -0.120. The number of fused-ring (bicyclic) bond motifs is 1. The van der Waals surface area contributed by atoms with Gasteiger partial charge in [0.1, 0.15) is 0 Å². The first-order chi connectivity index (χ1) is 9.92. The van der Waals surface area contributed by atoms with E-state index in [4.69, 9.17) is 4.74 Å². The summed E-state index contributed by atoms with van der Waals surface area (Å²) in [6, 6.07) is 0.903. The molecule has 1 saturated carbocycles. The van der Waals surface area contributed by atoms with Gasteiger partial charge in [0.05, 0.1) is 6.61 Å². The predicted octanol–water partition coefficient (Wildman–Crippen LogP) is 3.05. The molecule has 1 N–H and O–H groups in total. The van der Waals surface area contributed by atoms with Crippen LogP contribution in [-0.4, -0.2) is 50.3 Å². The SMILES string of the molecule is CCCCOCCNCCN1CCC[C@H]2CCCC[C@H]21. The predicted molar refractivity (Wildman–Crippen MR) is 85.1 cm³/mol. The van der Waals surface area contributed by atoms with Crippen molar-refractivity contribution in [1.29, 1.82) is 0 Å². The molecule has 2 atom stereocenters. The fraction of sp³-hybridized carbons (Fsp3) is 1.00. The van der Waals surface area contributed by atoms with Crippen molar-refractivity contribution in [2.24, 2.45) is 5.92 Å². The number of hydrogen-bond acceptors (Lipinski definition) is 3. The van der Waals surface area contributed by atoms with E-state index in [1.807, 2.05) is 0 Å². The molecule has 1 saturated heterocycles. The van der Waals surface area contributed by atoms with Crippen molar-refractivity contribution in [2.45, 2.75) is 64.3 Å². The maximum atomic E-state index is 5.58. The van der Waals surface area contributed by atoms with Crippen molar-refractivity contribution in [2.75, 3.05) is 39.4 Å². The highest BCUT2D eigenvalue weighted by Crippen LogP contribution is 2.34. The van der Waals surface area contributed by atoms with Gasteiger partial charge in [0.25, 0.3) is 0 Å². The third-order valence-corrected chi connectivity index (χ3v) is 5.00. The van der Waals surface area contributed by atoms with E-state index in [9.17, 15) is 0 Å². The number of likely N-dealkylation sites (tertiary alicyclic amines) is 1. The molecule has 1 aliphatic heterocycles. The van der Waals surface area contributed by atoms with Crippen molar-refractivity contribution in [3.63, 3.8) is 0 Å². The molecule has 0 unspecified atom stereocenters. The second kappa shape index (κ2) is 9.75. The molecule has 3 heteroatoms. The minimum atomic E-state index is 0.867. The molecule has 0 spiro atoms. The summed E-state index contributed by atoms with van der Waals surface area (Å²) in [5, 5.41) is 3.54. The monoisotopic (exact) mass is 282 g/mol. The second-order valence-electron chi connectivity index (χ2n) is 6.51. The van der Waals surface area contributed by atoms with Crippen LogP contribution >= 0.6 is 0 Å². The Morgan fingerprint density at radius 2 is 1.90 bits per heavy atom. The maximum Gasteiger partial charge on any atom is 0.0590 e. The molecular formula is C17H34N2O. The van der Waals surface area contributed by atoms with Crippen LogP contribution in [0.3, 0.4) is 0 Å². The van der Waals surface area contributed by atoms with Crippen LogP contribution in [0.25, 0.3) is 0 Å². The highest BCUT2D eigenvalue weighted by molar-refractivity contribution is 4.87. The van der Waals surface area contributed by atoms with Crippen LogP contribution in [0.2, 0.25) is 0 Å². The summed E-state index contributed by atoms with van der Waals surface area (Å²) < 4.78 is 5.58. The smallest absolute Gasteiger partial charge is 0.0590 e. The molecule has 0 radical (unpaired) electrons. The van der Waals surface area contributed by atoms with Gasteiger partial charge in [0.15, 0.2) is 0 Å². The first-order valence-corrected chi connectivity index (χ1v) is 8.94. The van der Waals surface area contributed by atoms with Crippen LogP contribution in [0, 0.1) is 5.92 Å². The zero-order valence-electron chi connectivity index (χ0n) is 13.4. The minimum Gasteiger partial charge on any atom is -0.380 e. The highest BCUT2D eigenvalue weighted by Gasteiger charge is 2.32. The topological polar surface area (TPSA) is 24.5 Å². The summed E-state index contributed by atoms with van der Waals surface area (Å²) in [5.41, 5.74) is 0. The van der Waals surface area contributed by atoms with Gasteiger partial charge >= 0.3 is 0 Å². The van der Waals surface area contributed by atoms with Gasteiger partial charge in [-0.15, -0.1) is 0 Å². The molecule has 0 aromatic rings. The zero-order valence-corrected chi connectivity index (χ0v) is 13.4. The summed E-state index contributed by atoms with van der Waals surface area (Å²) in [5.74, 6) is 1.01. The van der Waals surface area contributed by atoms with E-state index in [1.165, 1.54) is 64.5 Å². The van der Waals surface area contributed by atoms with Crippen molar-refractivity contribution in [1.82, 2.24) is 10.2 Å². The molecule has 20 heavy (non-hydrogen) atoms. The van der Waals surface area contributed by atoms with Gasteiger partial charge < -0.3 is 10.1 Å². The van der Waals surface area contributed by atoms with Gasteiger partial charge in [0, 0.05) is 32.3 Å². The normalized spacial score (nSPS) is 27.4. The largest absolute Gasteiger partial charge is 0.380 e. The zero-order chi connectivity index (χ0) is 14.0. The van der Waals surface area contributed by atoms with Gasteiger partial charge in [-0.3, -0.25) is 4.90 Å². The third kappa shape index (κ3) is 5.34. The van der Waals surface area contributed by atoms with E-state index in [0.717, 1.165) is 38.3 Å². The fourth-order valence-corrected chi connectivity index (χ4v) is 3.85. The summed E-state index contributed by atoms with van der Waals surface area (Å²) in [6.45, 7) is 8.69. The lowest BCUT2D eigenvalue weighted by Gasteiger charge is -2.44. The number of nitrogens with one attached hydrogen (secondary N) is 1.